The maximum Gasteiger partial charge on any atom is 0.256 e. The van der Waals surface area contributed by atoms with Gasteiger partial charge in [0.25, 0.3) is 5.56 Å². The first kappa shape index (κ1) is 17.0. The lowest BCUT2D eigenvalue weighted by atomic mass is 9.92. The van der Waals surface area contributed by atoms with Crippen LogP contribution in [-0.4, -0.2) is 32.8 Å². The molecule has 1 aliphatic heterocycles. The Labute approximate surface area is 153 Å². The zero-order chi connectivity index (χ0) is 18.3. The summed E-state index contributed by atoms with van der Waals surface area (Å²) in [6.07, 6.45) is 2.15. The molecule has 0 bridgehead atoms. The molecule has 136 valence electrons. The van der Waals surface area contributed by atoms with Crippen molar-refractivity contribution in [2.24, 2.45) is 7.05 Å². The minimum Gasteiger partial charge on any atom is -0.325 e. The summed E-state index contributed by atoms with van der Waals surface area (Å²) < 4.78 is 1.97. The maximum atomic E-state index is 12.3. The number of nitrogens with zero attached hydrogens (tertiary/aromatic N) is 3. The number of fused-ring (bicyclic) bond motifs is 1. The molecule has 5 heteroatoms. The van der Waals surface area contributed by atoms with Gasteiger partial charge in [-0.2, -0.15) is 5.10 Å². The van der Waals surface area contributed by atoms with E-state index in [0.29, 0.717) is 5.92 Å². The van der Waals surface area contributed by atoms with Gasteiger partial charge in [0.1, 0.15) is 0 Å². The molecule has 4 rings (SSSR count). The average molecular weight is 350 g/mol. The predicted octanol–water partition coefficient (Wildman–Crippen LogP) is 3.26. The second kappa shape index (κ2) is 6.72. The largest absolute Gasteiger partial charge is 0.325 e. The smallest absolute Gasteiger partial charge is 0.256 e. The Hall–Kier alpha value is -2.40. The van der Waals surface area contributed by atoms with Gasteiger partial charge in [0, 0.05) is 41.8 Å². The van der Waals surface area contributed by atoms with Crippen LogP contribution in [0.3, 0.4) is 0 Å². The number of aromatic amines is 1. The highest BCUT2D eigenvalue weighted by atomic mass is 16.1. The minimum absolute atomic E-state index is 0.0298. The van der Waals surface area contributed by atoms with Crippen molar-refractivity contribution in [3.8, 4) is 0 Å². The van der Waals surface area contributed by atoms with Crippen LogP contribution in [0.5, 0.6) is 0 Å². The number of benzene rings is 1. The Bertz CT molecular complexity index is 993. The van der Waals surface area contributed by atoms with Crippen LogP contribution in [0.25, 0.3) is 10.8 Å². The molecule has 0 radical (unpaired) electrons. The second-order valence-electron chi connectivity index (χ2n) is 7.46. The van der Waals surface area contributed by atoms with E-state index in [9.17, 15) is 4.79 Å². The van der Waals surface area contributed by atoms with E-state index >= 15 is 0 Å². The summed E-state index contributed by atoms with van der Waals surface area (Å²) in [6, 6.07) is 9.98. The van der Waals surface area contributed by atoms with E-state index in [0.717, 1.165) is 54.6 Å². The number of likely N-dealkylation sites (tertiary alicyclic amines) is 1. The van der Waals surface area contributed by atoms with E-state index in [2.05, 4.69) is 34.9 Å². The van der Waals surface area contributed by atoms with Gasteiger partial charge in [0.2, 0.25) is 0 Å². The highest BCUT2D eigenvalue weighted by Crippen LogP contribution is 2.29. The number of aromatic nitrogens is 3. The third-order valence-corrected chi connectivity index (χ3v) is 5.84. The van der Waals surface area contributed by atoms with Gasteiger partial charge in [-0.05, 0) is 57.3 Å². The van der Waals surface area contributed by atoms with Crippen molar-refractivity contribution in [3.63, 3.8) is 0 Å². The Morgan fingerprint density at radius 2 is 1.92 bits per heavy atom. The standard InChI is InChI=1S/C21H26N4O/c1-14-19(15(2)24(3)23-14)13-25-10-8-16(9-11-25)20-12-17-6-4-5-7-18(17)21(26)22-20/h4-7,12,16H,8-11,13H2,1-3H3,(H,22,26). The van der Waals surface area contributed by atoms with E-state index in [-0.39, 0.29) is 5.56 Å². The number of hydrogen-bond donors (Lipinski definition) is 1. The number of H-pyrrole nitrogens is 1. The average Bonchev–Trinajstić information content (AvgIpc) is 2.88. The van der Waals surface area contributed by atoms with Crippen LogP contribution in [0.15, 0.2) is 35.1 Å². The molecule has 3 aromatic rings. The van der Waals surface area contributed by atoms with Gasteiger partial charge in [-0.1, -0.05) is 18.2 Å². The summed E-state index contributed by atoms with van der Waals surface area (Å²) in [7, 11) is 2.01. The predicted molar refractivity (Wildman–Crippen MR) is 105 cm³/mol. The Kier molecular flexibility index (Phi) is 4.41. The van der Waals surface area contributed by atoms with Crippen LogP contribution in [0.4, 0.5) is 0 Å². The van der Waals surface area contributed by atoms with E-state index < -0.39 is 0 Å². The topological polar surface area (TPSA) is 53.9 Å². The third-order valence-electron chi connectivity index (χ3n) is 5.84. The summed E-state index contributed by atoms with van der Waals surface area (Å²) in [5.74, 6) is 0.430. The highest BCUT2D eigenvalue weighted by molar-refractivity contribution is 5.81. The van der Waals surface area contributed by atoms with Crippen LogP contribution >= 0.6 is 0 Å². The van der Waals surface area contributed by atoms with Crippen LogP contribution < -0.4 is 5.56 Å². The SMILES string of the molecule is Cc1nn(C)c(C)c1CN1CCC(c2cc3ccccc3c(=O)[nH]2)CC1. The molecule has 0 atom stereocenters. The van der Waals surface area contributed by atoms with Crippen molar-refractivity contribution in [3.05, 3.63) is 63.3 Å². The molecule has 26 heavy (non-hydrogen) atoms. The lowest BCUT2D eigenvalue weighted by Gasteiger charge is -2.32. The first-order valence-electron chi connectivity index (χ1n) is 9.36. The van der Waals surface area contributed by atoms with Gasteiger partial charge >= 0.3 is 0 Å². The molecular formula is C21H26N4O. The van der Waals surface area contributed by atoms with Gasteiger partial charge in [-0.3, -0.25) is 14.4 Å². The van der Waals surface area contributed by atoms with Gasteiger partial charge in [-0.15, -0.1) is 0 Å². The number of piperidine rings is 1. The van der Waals surface area contributed by atoms with E-state index in [1.165, 1.54) is 11.3 Å². The van der Waals surface area contributed by atoms with Crippen molar-refractivity contribution in [2.45, 2.75) is 39.2 Å². The summed E-state index contributed by atoms with van der Waals surface area (Å²) in [6.45, 7) is 7.30. The number of hydrogen-bond acceptors (Lipinski definition) is 3. The van der Waals surface area contributed by atoms with Gasteiger partial charge in [0.05, 0.1) is 5.69 Å². The molecule has 1 saturated heterocycles. The van der Waals surface area contributed by atoms with Crippen molar-refractivity contribution < 1.29 is 0 Å². The van der Waals surface area contributed by atoms with Gasteiger partial charge in [-0.25, -0.2) is 0 Å². The molecule has 0 spiro atoms. The quantitative estimate of drug-likeness (QED) is 0.789. The summed E-state index contributed by atoms with van der Waals surface area (Å²) in [5, 5.41) is 6.34. The molecule has 1 N–H and O–H groups in total. The van der Waals surface area contributed by atoms with Gasteiger partial charge in [0.15, 0.2) is 0 Å². The fourth-order valence-corrected chi connectivity index (χ4v) is 4.12. The second-order valence-corrected chi connectivity index (χ2v) is 7.46. The van der Waals surface area contributed by atoms with Crippen LogP contribution in [0, 0.1) is 13.8 Å². The number of nitrogens with one attached hydrogen (secondary N) is 1. The fourth-order valence-electron chi connectivity index (χ4n) is 4.12. The highest BCUT2D eigenvalue weighted by Gasteiger charge is 2.23. The molecule has 1 aliphatic rings. The van der Waals surface area contributed by atoms with Crippen molar-refractivity contribution in [2.75, 3.05) is 13.1 Å². The van der Waals surface area contributed by atoms with Crippen LogP contribution in [-0.2, 0) is 13.6 Å². The van der Waals surface area contributed by atoms with Crippen LogP contribution in [0.2, 0.25) is 0 Å². The number of pyridine rings is 1. The normalized spacial score (nSPS) is 16.4. The zero-order valence-corrected chi connectivity index (χ0v) is 15.7. The molecule has 0 aliphatic carbocycles. The minimum atomic E-state index is 0.0298. The van der Waals surface area contributed by atoms with Crippen molar-refractivity contribution in [1.29, 1.82) is 0 Å². The first-order chi connectivity index (χ1) is 12.5. The van der Waals surface area contributed by atoms with E-state index in [4.69, 9.17) is 0 Å². The Morgan fingerprint density at radius 1 is 1.19 bits per heavy atom. The third kappa shape index (κ3) is 3.07. The molecule has 1 aromatic carbocycles. The van der Waals surface area contributed by atoms with Crippen LogP contribution in [0.1, 0.15) is 41.4 Å². The molecule has 1 fully saturated rings. The zero-order valence-electron chi connectivity index (χ0n) is 15.7. The van der Waals surface area contributed by atoms with E-state index in [1.54, 1.807) is 0 Å². The maximum absolute atomic E-state index is 12.3. The summed E-state index contributed by atoms with van der Waals surface area (Å²) in [5.41, 5.74) is 4.85. The first-order valence-corrected chi connectivity index (χ1v) is 9.36. The lowest BCUT2D eigenvalue weighted by Crippen LogP contribution is -2.33. The molecule has 0 unspecified atom stereocenters. The number of aryl methyl sites for hydroxylation is 2. The molecule has 3 heterocycles. The molecule has 0 amide bonds. The molecular weight excluding hydrogens is 324 g/mol. The Morgan fingerprint density at radius 3 is 2.62 bits per heavy atom. The number of rotatable bonds is 3. The summed E-state index contributed by atoms with van der Waals surface area (Å²) >= 11 is 0. The fraction of sp³-hybridized carbons (Fsp3) is 0.429. The van der Waals surface area contributed by atoms with Gasteiger partial charge < -0.3 is 4.98 Å². The van der Waals surface area contributed by atoms with Crippen molar-refractivity contribution in [1.82, 2.24) is 19.7 Å². The molecule has 5 nitrogen and oxygen atoms in total. The van der Waals surface area contributed by atoms with Crippen molar-refractivity contribution >= 4 is 10.8 Å². The molecule has 2 aromatic heterocycles. The molecule has 0 saturated carbocycles. The van der Waals surface area contributed by atoms with E-state index in [1.807, 2.05) is 36.0 Å². The lowest BCUT2D eigenvalue weighted by molar-refractivity contribution is 0.202. The Balaban J connectivity index is 1.48. The monoisotopic (exact) mass is 350 g/mol. The summed E-state index contributed by atoms with van der Waals surface area (Å²) in [4.78, 5) is 18.0.